The molecule has 6 rings (SSSR count). The minimum Gasteiger partial charge on any atom is -0.436 e. The highest BCUT2D eigenvalue weighted by atomic mass is 35.5. The van der Waals surface area contributed by atoms with Crippen LogP contribution in [0.1, 0.15) is 23.2 Å². The molecule has 1 aromatic heterocycles. The summed E-state index contributed by atoms with van der Waals surface area (Å²) in [5, 5.41) is 17.0. The first-order valence-corrected chi connectivity index (χ1v) is 12.3. The molecule has 1 aliphatic rings. The van der Waals surface area contributed by atoms with Gasteiger partial charge in [0, 0.05) is 46.4 Å². The number of anilines is 2. The molecule has 5 aromatic rings. The Labute approximate surface area is 216 Å². The van der Waals surface area contributed by atoms with Crippen LogP contribution in [0.4, 0.5) is 17.1 Å². The van der Waals surface area contributed by atoms with Crippen LogP contribution in [-0.4, -0.2) is 28.9 Å². The van der Waals surface area contributed by atoms with Crippen molar-refractivity contribution in [2.45, 2.75) is 12.8 Å². The number of oxazole rings is 1. The molecule has 0 bridgehead atoms. The summed E-state index contributed by atoms with van der Waals surface area (Å²) in [6.07, 6.45) is 2.00. The van der Waals surface area contributed by atoms with Crippen LogP contribution in [-0.2, 0) is 0 Å². The number of fused-ring (bicyclic) bond motifs is 2. The standard InChI is InChI=1S/C28H21ClN4O4/c29-22-8-4-5-19-20(22)6-3-7-21(19)28-31-23-16-18(10-12-26(23)37-28)30-27(34)17-9-11-24(25(15-17)33(35)36)32-13-1-2-14-32/h3-12,15-16H,1-2,13-14H2,(H,30,34). The Balaban J connectivity index is 1.29. The van der Waals surface area contributed by atoms with Crippen molar-refractivity contribution in [1.82, 2.24) is 4.98 Å². The number of carbonyl (C=O) groups is 1. The van der Waals surface area contributed by atoms with Gasteiger partial charge in [-0.05, 0) is 60.7 Å². The van der Waals surface area contributed by atoms with Gasteiger partial charge in [-0.15, -0.1) is 0 Å². The van der Waals surface area contributed by atoms with E-state index in [4.69, 9.17) is 16.0 Å². The summed E-state index contributed by atoms with van der Waals surface area (Å²) in [7, 11) is 0. The average Bonchev–Trinajstić information content (AvgIpc) is 3.58. The molecular weight excluding hydrogens is 492 g/mol. The van der Waals surface area contributed by atoms with Gasteiger partial charge < -0.3 is 14.6 Å². The number of amides is 1. The summed E-state index contributed by atoms with van der Waals surface area (Å²) in [5.74, 6) is 0.00213. The van der Waals surface area contributed by atoms with Crippen molar-refractivity contribution in [1.29, 1.82) is 0 Å². The molecule has 1 aliphatic heterocycles. The Hall–Kier alpha value is -4.43. The summed E-state index contributed by atoms with van der Waals surface area (Å²) < 4.78 is 6.00. The van der Waals surface area contributed by atoms with Gasteiger partial charge in [0.05, 0.1) is 4.92 Å². The zero-order chi connectivity index (χ0) is 25.5. The summed E-state index contributed by atoms with van der Waals surface area (Å²) >= 11 is 6.35. The molecule has 1 saturated heterocycles. The monoisotopic (exact) mass is 512 g/mol. The Morgan fingerprint density at radius 2 is 1.78 bits per heavy atom. The van der Waals surface area contributed by atoms with Gasteiger partial charge in [0.25, 0.3) is 11.6 Å². The van der Waals surface area contributed by atoms with Gasteiger partial charge in [-0.1, -0.05) is 35.9 Å². The predicted octanol–water partition coefficient (Wildman–Crippen LogP) is 7.06. The van der Waals surface area contributed by atoms with E-state index in [-0.39, 0.29) is 11.3 Å². The third-order valence-electron chi connectivity index (χ3n) is 6.63. The third-order valence-corrected chi connectivity index (χ3v) is 6.96. The van der Waals surface area contributed by atoms with E-state index in [0.717, 1.165) is 42.3 Å². The maximum atomic E-state index is 13.0. The zero-order valence-corrected chi connectivity index (χ0v) is 20.4. The molecule has 4 aromatic carbocycles. The van der Waals surface area contributed by atoms with Crippen LogP contribution in [0.5, 0.6) is 0 Å². The van der Waals surface area contributed by atoms with E-state index in [1.165, 1.54) is 6.07 Å². The smallest absolute Gasteiger partial charge is 0.293 e. The molecule has 0 unspecified atom stereocenters. The molecule has 0 spiro atoms. The van der Waals surface area contributed by atoms with Crippen LogP contribution < -0.4 is 10.2 Å². The largest absolute Gasteiger partial charge is 0.436 e. The number of aromatic nitrogens is 1. The van der Waals surface area contributed by atoms with Crippen molar-refractivity contribution < 1.29 is 14.1 Å². The second kappa shape index (κ2) is 9.22. The lowest BCUT2D eigenvalue weighted by molar-refractivity contribution is -0.384. The lowest BCUT2D eigenvalue weighted by Crippen LogP contribution is -2.19. The highest BCUT2D eigenvalue weighted by Gasteiger charge is 2.24. The molecule has 1 amide bonds. The van der Waals surface area contributed by atoms with Crippen LogP contribution in [0.25, 0.3) is 33.3 Å². The molecule has 1 fully saturated rings. The van der Waals surface area contributed by atoms with Crippen LogP contribution in [0.2, 0.25) is 5.02 Å². The van der Waals surface area contributed by atoms with E-state index in [2.05, 4.69) is 10.3 Å². The molecular formula is C28H21ClN4O4. The highest BCUT2D eigenvalue weighted by Crippen LogP contribution is 2.35. The molecule has 0 aliphatic carbocycles. The van der Waals surface area contributed by atoms with E-state index < -0.39 is 10.8 Å². The maximum Gasteiger partial charge on any atom is 0.293 e. The Bertz CT molecular complexity index is 1690. The van der Waals surface area contributed by atoms with Crippen molar-refractivity contribution >= 4 is 56.4 Å². The highest BCUT2D eigenvalue weighted by molar-refractivity contribution is 6.35. The maximum absolute atomic E-state index is 13.0. The third kappa shape index (κ3) is 4.25. The number of nitro benzene ring substituents is 1. The topological polar surface area (TPSA) is 102 Å². The lowest BCUT2D eigenvalue weighted by Gasteiger charge is -2.17. The van der Waals surface area contributed by atoms with Crippen LogP contribution in [0.15, 0.2) is 77.2 Å². The number of hydrogen-bond acceptors (Lipinski definition) is 6. The van der Waals surface area contributed by atoms with E-state index in [0.29, 0.717) is 33.4 Å². The quantitative estimate of drug-likeness (QED) is 0.200. The number of carbonyl (C=O) groups excluding carboxylic acids is 1. The number of nitro groups is 1. The second-order valence-corrected chi connectivity index (χ2v) is 9.36. The van der Waals surface area contributed by atoms with E-state index in [9.17, 15) is 14.9 Å². The number of nitrogens with one attached hydrogen (secondary N) is 1. The molecule has 8 nitrogen and oxygen atoms in total. The van der Waals surface area contributed by atoms with Gasteiger partial charge in [0.15, 0.2) is 5.58 Å². The number of rotatable bonds is 5. The summed E-state index contributed by atoms with van der Waals surface area (Å²) in [6.45, 7) is 1.55. The van der Waals surface area contributed by atoms with Crippen molar-refractivity contribution in [3.05, 3.63) is 93.5 Å². The molecule has 184 valence electrons. The SMILES string of the molecule is O=C(Nc1ccc2oc(-c3cccc4c(Cl)cccc34)nc2c1)c1ccc(N2CCCC2)c([N+](=O)[O-])c1. The number of halogens is 1. The van der Waals surface area contributed by atoms with Crippen LogP contribution >= 0.6 is 11.6 Å². The van der Waals surface area contributed by atoms with Crippen molar-refractivity contribution in [3.63, 3.8) is 0 Å². The first kappa shape index (κ1) is 23.0. The molecule has 2 heterocycles. The molecule has 0 saturated carbocycles. The van der Waals surface area contributed by atoms with Crippen LogP contribution in [0, 0.1) is 10.1 Å². The first-order chi connectivity index (χ1) is 18.0. The van der Waals surface area contributed by atoms with Gasteiger partial charge in [-0.2, -0.15) is 0 Å². The number of hydrogen-bond donors (Lipinski definition) is 1. The average molecular weight is 513 g/mol. The van der Waals surface area contributed by atoms with Crippen molar-refractivity contribution in [2.75, 3.05) is 23.3 Å². The zero-order valence-electron chi connectivity index (χ0n) is 19.6. The number of nitrogens with zero attached hydrogens (tertiary/aromatic N) is 3. The van der Waals surface area contributed by atoms with E-state index >= 15 is 0 Å². The Kier molecular flexibility index (Phi) is 5.73. The van der Waals surface area contributed by atoms with Gasteiger partial charge in [0.2, 0.25) is 5.89 Å². The predicted molar refractivity (Wildman–Crippen MR) is 144 cm³/mol. The second-order valence-electron chi connectivity index (χ2n) is 8.95. The minimum atomic E-state index is -0.442. The molecule has 9 heteroatoms. The van der Waals surface area contributed by atoms with Crippen molar-refractivity contribution in [2.24, 2.45) is 0 Å². The minimum absolute atomic E-state index is 0.0682. The first-order valence-electron chi connectivity index (χ1n) is 11.9. The lowest BCUT2D eigenvalue weighted by atomic mass is 10.0. The summed E-state index contributed by atoms with van der Waals surface area (Å²) in [6, 6.07) is 21.2. The van der Waals surface area contributed by atoms with Gasteiger partial charge in [-0.3, -0.25) is 14.9 Å². The van der Waals surface area contributed by atoms with E-state index in [1.54, 1.807) is 30.3 Å². The summed E-state index contributed by atoms with van der Waals surface area (Å²) in [5.41, 5.74) is 3.14. The molecule has 0 radical (unpaired) electrons. The fourth-order valence-electron chi connectivity index (χ4n) is 4.82. The van der Waals surface area contributed by atoms with E-state index in [1.807, 2.05) is 41.3 Å². The Morgan fingerprint density at radius 3 is 2.59 bits per heavy atom. The fraction of sp³-hybridized carbons (Fsp3) is 0.143. The molecule has 0 atom stereocenters. The van der Waals surface area contributed by atoms with Crippen molar-refractivity contribution in [3.8, 4) is 11.5 Å². The van der Waals surface area contributed by atoms with Gasteiger partial charge in [-0.25, -0.2) is 4.98 Å². The Morgan fingerprint density at radius 1 is 1.00 bits per heavy atom. The number of benzene rings is 4. The molecule has 1 N–H and O–H groups in total. The van der Waals surface area contributed by atoms with Crippen LogP contribution in [0.3, 0.4) is 0 Å². The fourth-order valence-corrected chi connectivity index (χ4v) is 5.06. The van der Waals surface area contributed by atoms with Gasteiger partial charge in [0.1, 0.15) is 11.2 Å². The normalized spacial score (nSPS) is 13.4. The summed E-state index contributed by atoms with van der Waals surface area (Å²) in [4.78, 5) is 30.8. The van der Waals surface area contributed by atoms with Gasteiger partial charge >= 0.3 is 0 Å². The molecule has 37 heavy (non-hydrogen) atoms.